The lowest BCUT2D eigenvalue weighted by Gasteiger charge is -2.23. The molecule has 0 spiro atoms. The number of aryl methyl sites for hydroxylation is 1. The first kappa shape index (κ1) is 12.8. The highest BCUT2D eigenvalue weighted by Crippen LogP contribution is 2.34. The SMILES string of the molecule is CCC(c1ccccc1)C(O)c1cnccc1C. The van der Waals surface area contributed by atoms with Crippen molar-refractivity contribution in [1.29, 1.82) is 0 Å². The van der Waals surface area contributed by atoms with Crippen LogP contribution in [-0.2, 0) is 0 Å². The van der Waals surface area contributed by atoms with Gasteiger partial charge >= 0.3 is 0 Å². The average Bonchev–Trinajstić information content (AvgIpc) is 2.41. The van der Waals surface area contributed by atoms with Gasteiger partial charge in [0, 0.05) is 23.9 Å². The van der Waals surface area contributed by atoms with Gasteiger partial charge in [-0.05, 0) is 30.5 Å². The average molecular weight is 241 g/mol. The Morgan fingerprint density at radius 3 is 2.50 bits per heavy atom. The third-order valence-corrected chi connectivity index (χ3v) is 3.45. The molecule has 0 aliphatic rings. The number of aromatic nitrogens is 1. The van der Waals surface area contributed by atoms with E-state index in [0.717, 1.165) is 17.5 Å². The van der Waals surface area contributed by atoms with Crippen LogP contribution in [0.15, 0.2) is 48.8 Å². The lowest BCUT2D eigenvalue weighted by atomic mass is 9.86. The molecule has 0 aliphatic heterocycles. The summed E-state index contributed by atoms with van der Waals surface area (Å²) in [6.45, 7) is 4.12. The number of benzene rings is 1. The first-order valence-electron chi connectivity index (χ1n) is 6.37. The largest absolute Gasteiger partial charge is 0.388 e. The molecule has 1 heterocycles. The molecule has 18 heavy (non-hydrogen) atoms. The molecule has 0 aliphatic carbocycles. The fourth-order valence-corrected chi connectivity index (χ4v) is 2.34. The van der Waals surface area contributed by atoms with Crippen molar-refractivity contribution in [1.82, 2.24) is 4.98 Å². The quantitative estimate of drug-likeness (QED) is 0.887. The molecular formula is C16H19NO. The van der Waals surface area contributed by atoms with Crippen LogP contribution < -0.4 is 0 Å². The molecule has 2 aromatic rings. The summed E-state index contributed by atoms with van der Waals surface area (Å²) in [7, 11) is 0. The van der Waals surface area contributed by atoms with Crippen LogP contribution in [-0.4, -0.2) is 10.1 Å². The van der Waals surface area contributed by atoms with Crippen LogP contribution in [0.5, 0.6) is 0 Å². The van der Waals surface area contributed by atoms with Crippen molar-refractivity contribution in [2.75, 3.05) is 0 Å². The highest BCUT2D eigenvalue weighted by Gasteiger charge is 2.22. The predicted molar refractivity (Wildman–Crippen MR) is 73.4 cm³/mol. The topological polar surface area (TPSA) is 33.1 Å². The highest BCUT2D eigenvalue weighted by atomic mass is 16.3. The Balaban J connectivity index is 2.32. The first-order chi connectivity index (χ1) is 8.74. The minimum Gasteiger partial charge on any atom is -0.388 e. The minimum atomic E-state index is -0.494. The Morgan fingerprint density at radius 1 is 1.17 bits per heavy atom. The summed E-state index contributed by atoms with van der Waals surface area (Å²) in [5.74, 6) is 0.120. The van der Waals surface area contributed by atoms with Crippen molar-refractivity contribution in [2.45, 2.75) is 32.3 Å². The first-order valence-corrected chi connectivity index (χ1v) is 6.37. The van der Waals surface area contributed by atoms with Crippen LogP contribution in [0.3, 0.4) is 0 Å². The zero-order chi connectivity index (χ0) is 13.0. The van der Waals surface area contributed by atoms with Crippen molar-refractivity contribution >= 4 is 0 Å². The second kappa shape index (κ2) is 5.78. The number of aliphatic hydroxyl groups is 1. The monoisotopic (exact) mass is 241 g/mol. The van der Waals surface area contributed by atoms with Crippen LogP contribution in [0.2, 0.25) is 0 Å². The smallest absolute Gasteiger partial charge is 0.0875 e. The molecule has 1 aromatic carbocycles. The maximum absolute atomic E-state index is 10.6. The van der Waals surface area contributed by atoms with E-state index in [9.17, 15) is 5.11 Å². The molecular weight excluding hydrogens is 222 g/mol. The number of hydrogen-bond donors (Lipinski definition) is 1. The van der Waals surface area contributed by atoms with Gasteiger partial charge in [0.25, 0.3) is 0 Å². The van der Waals surface area contributed by atoms with E-state index in [4.69, 9.17) is 0 Å². The molecule has 0 saturated heterocycles. The van der Waals surface area contributed by atoms with E-state index in [1.165, 1.54) is 5.56 Å². The summed E-state index contributed by atoms with van der Waals surface area (Å²) in [6.07, 6.45) is 3.94. The maximum Gasteiger partial charge on any atom is 0.0875 e. The molecule has 0 bridgehead atoms. The molecule has 1 N–H and O–H groups in total. The van der Waals surface area contributed by atoms with Crippen molar-refractivity contribution in [2.24, 2.45) is 0 Å². The molecule has 2 heteroatoms. The second-order valence-corrected chi connectivity index (χ2v) is 4.60. The zero-order valence-corrected chi connectivity index (χ0v) is 10.9. The fourth-order valence-electron chi connectivity index (χ4n) is 2.34. The van der Waals surface area contributed by atoms with E-state index in [1.807, 2.05) is 31.2 Å². The number of aliphatic hydroxyl groups excluding tert-OH is 1. The van der Waals surface area contributed by atoms with Gasteiger partial charge in [0.2, 0.25) is 0 Å². The fraction of sp³-hybridized carbons (Fsp3) is 0.312. The third-order valence-electron chi connectivity index (χ3n) is 3.45. The van der Waals surface area contributed by atoms with E-state index in [2.05, 4.69) is 24.0 Å². The van der Waals surface area contributed by atoms with Gasteiger partial charge in [0.15, 0.2) is 0 Å². The number of rotatable bonds is 4. The van der Waals surface area contributed by atoms with Gasteiger partial charge < -0.3 is 5.11 Å². The van der Waals surface area contributed by atoms with Gasteiger partial charge in [-0.3, -0.25) is 4.98 Å². The van der Waals surface area contributed by atoms with Crippen LogP contribution >= 0.6 is 0 Å². The van der Waals surface area contributed by atoms with Gasteiger partial charge in [-0.25, -0.2) is 0 Å². The summed E-state index contributed by atoms with van der Waals surface area (Å²) in [4.78, 5) is 4.12. The van der Waals surface area contributed by atoms with Crippen molar-refractivity contribution in [3.05, 3.63) is 65.5 Å². The summed E-state index contributed by atoms with van der Waals surface area (Å²) in [5, 5.41) is 10.6. The molecule has 0 fully saturated rings. The van der Waals surface area contributed by atoms with E-state index < -0.39 is 6.10 Å². The normalized spacial score (nSPS) is 14.2. The van der Waals surface area contributed by atoms with Crippen LogP contribution in [0, 0.1) is 6.92 Å². The maximum atomic E-state index is 10.6. The van der Waals surface area contributed by atoms with E-state index in [1.54, 1.807) is 12.4 Å². The molecule has 0 saturated carbocycles. The Morgan fingerprint density at radius 2 is 1.89 bits per heavy atom. The molecule has 2 unspecified atom stereocenters. The third kappa shape index (κ3) is 2.59. The lowest BCUT2D eigenvalue weighted by molar-refractivity contribution is 0.141. The van der Waals surface area contributed by atoms with E-state index >= 15 is 0 Å². The molecule has 2 atom stereocenters. The lowest BCUT2D eigenvalue weighted by Crippen LogP contribution is -2.11. The molecule has 94 valence electrons. The summed E-state index contributed by atoms with van der Waals surface area (Å²) >= 11 is 0. The highest BCUT2D eigenvalue weighted by molar-refractivity contribution is 5.29. The Hall–Kier alpha value is -1.67. The molecule has 1 aromatic heterocycles. The number of nitrogens with zero attached hydrogens (tertiary/aromatic N) is 1. The van der Waals surface area contributed by atoms with Gasteiger partial charge in [-0.1, -0.05) is 37.3 Å². The standard InChI is InChI=1S/C16H19NO/c1-3-14(13-7-5-4-6-8-13)16(18)15-11-17-10-9-12(15)2/h4-11,14,16,18H,3H2,1-2H3. The molecule has 2 rings (SSSR count). The van der Waals surface area contributed by atoms with E-state index in [0.29, 0.717) is 0 Å². The van der Waals surface area contributed by atoms with Crippen LogP contribution in [0.25, 0.3) is 0 Å². The number of pyridine rings is 1. The van der Waals surface area contributed by atoms with Crippen molar-refractivity contribution < 1.29 is 5.11 Å². The Kier molecular flexibility index (Phi) is 4.11. The summed E-state index contributed by atoms with van der Waals surface area (Å²) < 4.78 is 0. The summed E-state index contributed by atoms with van der Waals surface area (Å²) in [5.41, 5.74) is 3.19. The minimum absolute atomic E-state index is 0.120. The molecule has 2 nitrogen and oxygen atoms in total. The van der Waals surface area contributed by atoms with Crippen molar-refractivity contribution in [3.8, 4) is 0 Å². The second-order valence-electron chi connectivity index (χ2n) is 4.60. The van der Waals surface area contributed by atoms with Crippen LogP contribution in [0.1, 0.15) is 42.1 Å². The summed E-state index contributed by atoms with van der Waals surface area (Å²) in [6, 6.07) is 12.1. The van der Waals surface area contributed by atoms with Gasteiger partial charge in [-0.15, -0.1) is 0 Å². The van der Waals surface area contributed by atoms with Gasteiger partial charge in [-0.2, -0.15) is 0 Å². The van der Waals surface area contributed by atoms with E-state index in [-0.39, 0.29) is 5.92 Å². The van der Waals surface area contributed by atoms with Gasteiger partial charge in [0.1, 0.15) is 0 Å². The molecule has 0 amide bonds. The predicted octanol–water partition coefficient (Wildman–Crippen LogP) is 3.62. The molecule has 0 radical (unpaired) electrons. The zero-order valence-electron chi connectivity index (χ0n) is 10.9. The van der Waals surface area contributed by atoms with Gasteiger partial charge in [0.05, 0.1) is 6.10 Å². The Bertz CT molecular complexity index is 495. The van der Waals surface area contributed by atoms with Crippen LogP contribution in [0.4, 0.5) is 0 Å². The van der Waals surface area contributed by atoms with Crippen molar-refractivity contribution in [3.63, 3.8) is 0 Å². The Labute approximate surface area is 108 Å². The number of hydrogen-bond acceptors (Lipinski definition) is 2.